The van der Waals surface area contributed by atoms with Gasteiger partial charge in [-0.05, 0) is 38.3 Å². The maximum atomic E-state index is 5.87. The first-order chi connectivity index (χ1) is 6.38. The summed E-state index contributed by atoms with van der Waals surface area (Å²) in [5.41, 5.74) is 6.78. The lowest BCUT2D eigenvalue weighted by Crippen LogP contribution is -2.32. The zero-order valence-corrected chi connectivity index (χ0v) is 9.86. The summed E-state index contributed by atoms with van der Waals surface area (Å²) < 4.78 is 0. The maximum absolute atomic E-state index is 5.87. The van der Waals surface area contributed by atoms with E-state index in [1.165, 1.54) is 0 Å². The Hall–Kier alpha value is -0.310. The second-order valence-corrected chi connectivity index (χ2v) is 4.87. The number of aromatic nitrogens is 1. The number of hydrogen-bond donors (Lipinski definition) is 1. The van der Waals surface area contributed by atoms with Gasteiger partial charge in [0.2, 0.25) is 0 Å². The molecule has 0 amide bonds. The lowest BCUT2D eigenvalue weighted by atomic mass is 9.97. The van der Waals surface area contributed by atoms with Crippen LogP contribution in [0, 0.1) is 0 Å². The third-order valence-electron chi connectivity index (χ3n) is 1.91. The molecule has 0 aromatic carbocycles. The standard InChI is InChI=1S/C10H14Cl2N2/c1-10(2,13)4-3-7-5-8(11)9(12)14-6-7/h5-6H,3-4,13H2,1-2H3. The molecule has 0 saturated heterocycles. The smallest absolute Gasteiger partial charge is 0.147 e. The summed E-state index contributed by atoms with van der Waals surface area (Å²) in [5.74, 6) is 0. The predicted octanol–water partition coefficient (Wildman–Crippen LogP) is 3.06. The molecule has 0 aliphatic heterocycles. The molecular weight excluding hydrogens is 219 g/mol. The highest BCUT2D eigenvalue weighted by molar-refractivity contribution is 6.41. The third kappa shape index (κ3) is 3.82. The maximum Gasteiger partial charge on any atom is 0.147 e. The molecule has 0 radical (unpaired) electrons. The molecule has 78 valence electrons. The summed E-state index contributed by atoms with van der Waals surface area (Å²) in [5, 5.41) is 0.849. The molecule has 0 aliphatic carbocycles. The van der Waals surface area contributed by atoms with Crippen LogP contribution in [0.3, 0.4) is 0 Å². The number of halogens is 2. The van der Waals surface area contributed by atoms with Crippen LogP contribution in [0.4, 0.5) is 0 Å². The lowest BCUT2D eigenvalue weighted by molar-refractivity contribution is 0.476. The van der Waals surface area contributed by atoms with Gasteiger partial charge in [0.25, 0.3) is 0 Å². The first-order valence-electron chi connectivity index (χ1n) is 4.47. The average Bonchev–Trinajstić information content (AvgIpc) is 2.06. The van der Waals surface area contributed by atoms with E-state index in [-0.39, 0.29) is 5.54 Å². The molecule has 1 heterocycles. The van der Waals surface area contributed by atoms with Crippen LogP contribution in [0.25, 0.3) is 0 Å². The Kier molecular flexibility index (Phi) is 3.76. The molecule has 0 fully saturated rings. The van der Waals surface area contributed by atoms with E-state index in [0.29, 0.717) is 10.2 Å². The molecule has 0 bridgehead atoms. The van der Waals surface area contributed by atoms with Gasteiger partial charge in [-0.25, -0.2) is 4.98 Å². The fourth-order valence-corrected chi connectivity index (χ4v) is 1.36. The molecule has 2 nitrogen and oxygen atoms in total. The number of nitrogens with zero attached hydrogens (tertiary/aromatic N) is 1. The largest absolute Gasteiger partial charge is 0.326 e. The van der Waals surface area contributed by atoms with E-state index in [2.05, 4.69) is 4.98 Å². The Morgan fingerprint density at radius 1 is 1.43 bits per heavy atom. The van der Waals surface area contributed by atoms with Crippen LogP contribution in [0.15, 0.2) is 12.3 Å². The normalized spacial score (nSPS) is 11.8. The van der Waals surface area contributed by atoms with Gasteiger partial charge in [-0.1, -0.05) is 23.2 Å². The third-order valence-corrected chi connectivity index (χ3v) is 2.60. The Morgan fingerprint density at radius 2 is 2.07 bits per heavy atom. The van der Waals surface area contributed by atoms with E-state index in [9.17, 15) is 0 Å². The van der Waals surface area contributed by atoms with Crippen LogP contribution in [0.1, 0.15) is 25.8 Å². The number of pyridine rings is 1. The number of aryl methyl sites for hydroxylation is 1. The molecule has 0 unspecified atom stereocenters. The minimum Gasteiger partial charge on any atom is -0.326 e. The Balaban J connectivity index is 2.65. The van der Waals surface area contributed by atoms with Crippen molar-refractivity contribution in [3.63, 3.8) is 0 Å². The molecule has 14 heavy (non-hydrogen) atoms. The predicted molar refractivity (Wildman–Crippen MR) is 60.8 cm³/mol. The van der Waals surface area contributed by atoms with Crippen molar-refractivity contribution < 1.29 is 0 Å². The van der Waals surface area contributed by atoms with E-state index in [1.807, 2.05) is 19.9 Å². The van der Waals surface area contributed by atoms with Crippen molar-refractivity contribution in [2.75, 3.05) is 0 Å². The molecule has 1 aromatic rings. The van der Waals surface area contributed by atoms with Gasteiger partial charge in [0, 0.05) is 11.7 Å². The van der Waals surface area contributed by atoms with Crippen molar-refractivity contribution >= 4 is 23.2 Å². The molecular formula is C10H14Cl2N2. The Labute approximate surface area is 94.4 Å². The van der Waals surface area contributed by atoms with E-state index >= 15 is 0 Å². The summed E-state index contributed by atoms with van der Waals surface area (Å²) >= 11 is 11.5. The summed E-state index contributed by atoms with van der Waals surface area (Å²) in [4.78, 5) is 3.97. The van der Waals surface area contributed by atoms with Crippen molar-refractivity contribution in [1.29, 1.82) is 0 Å². The van der Waals surface area contributed by atoms with Gasteiger partial charge < -0.3 is 5.73 Å². The molecule has 1 rings (SSSR count). The molecule has 0 aliphatic rings. The van der Waals surface area contributed by atoms with Crippen LogP contribution in [0.2, 0.25) is 10.2 Å². The van der Waals surface area contributed by atoms with Crippen LogP contribution >= 0.6 is 23.2 Å². The monoisotopic (exact) mass is 232 g/mol. The van der Waals surface area contributed by atoms with Crippen LogP contribution in [-0.2, 0) is 6.42 Å². The van der Waals surface area contributed by atoms with Gasteiger partial charge >= 0.3 is 0 Å². The van der Waals surface area contributed by atoms with Gasteiger partial charge in [-0.3, -0.25) is 0 Å². The summed E-state index contributed by atoms with van der Waals surface area (Å²) in [6, 6.07) is 1.84. The van der Waals surface area contributed by atoms with E-state index in [0.717, 1.165) is 18.4 Å². The Bertz CT molecular complexity index is 318. The van der Waals surface area contributed by atoms with E-state index in [1.54, 1.807) is 6.20 Å². The average molecular weight is 233 g/mol. The van der Waals surface area contributed by atoms with Crippen LogP contribution in [0.5, 0.6) is 0 Å². The van der Waals surface area contributed by atoms with Gasteiger partial charge in [0.05, 0.1) is 5.02 Å². The number of hydrogen-bond acceptors (Lipinski definition) is 2. The van der Waals surface area contributed by atoms with Gasteiger partial charge in [-0.15, -0.1) is 0 Å². The lowest BCUT2D eigenvalue weighted by Gasteiger charge is -2.17. The van der Waals surface area contributed by atoms with Gasteiger partial charge in [0.15, 0.2) is 0 Å². The minimum atomic E-state index is -0.161. The topological polar surface area (TPSA) is 38.9 Å². The van der Waals surface area contributed by atoms with Crippen molar-refractivity contribution in [3.05, 3.63) is 28.0 Å². The molecule has 0 atom stereocenters. The number of nitrogens with two attached hydrogens (primary N) is 1. The number of rotatable bonds is 3. The van der Waals surface area contributed by atoms with Crippen molar-refractivity contribution in [2.45, 2.75) is 32.2 Å². The SMILES string of the molecule is CC(C)(N)CCc1cnc(Cl)c(Cl)c1. The highest BCUT2D eigenvalue weighted by atomic mass is 35.5. The first-order valence-corrected chi connectivity index (χ1v) is 5.23. The van der Waals surface area contributed by atoms with E-state index < -0.39 is 0 Å². The fourth-order valence-electron chi connectivity index (χ4n) is 1.06. The summed E-state index contributed by atoms with van der Waals surface area (Å²) in [6.07, 6.45) is 3.50. The molecule has 0 saturated carbocycles. The zero-order valence-electron chi connectivity index (χ0n) is 8.35. The first kappa shape index (κ1) is 11.8. The molecule has 2 N–H and O–H groups in total. The quantitative estimate of drug-likeness (QED) is 0.815. The molecule has 0 spiro atoms. The highest BCUT2D eigenvalue weighted by Crippen LogP contribution is 2.21. The van der Waals surface area contributed by atoms with Crippen molar-refractivity contribution in [1.82, 2.24) is 4.98 Å². The molecule has 4 heteroatoms. The van der Waals surface area contributed by atoms with Crippen molar-refractivity contribution in [2.24, 2.45) is 5.73 Å². The Morgan fingerprint density at radius 3 is 2.57 bits per heavy atom. The second kappa shape index (κ2) is 4.47. The van der Waals surface area contributed by atoms with Crippen LogP contribution in [-0.4, -0.2) is 10.5 Å². The summed E-state index contributed by atoms with van der Waals surface area (Å²) in [7, 11) is 0. The van der Waals surface area contributed by atoms with Gasteiger partial charge in [-0.2, -0.15) is 0 Å². The summed E-state index contributed by atoms with van der Waals surface area (Å²) in [6.45, 7) is 4.00. The zero-order chi connectivity index (χ0) is 10.8. The second-order valence-electron chi connectivity index (χ2n) is 4.10. The van der Waals surface area contributed by atoms with Crippen molar-refractivity contribution in [3.8, 4) is 0 Å². The van der Waals surface area contributed by atoms with Gasteiger partial charge in [0.1, 0.15) is 5.15 Å². The fraction of sp³-hybridized carbons (Fsp3) is 0.500. The van der Waals surface area contributed by atoms with Crippen LogP contribution < -0.4 is 5.73 Å². The minimum absolute atomic E-state index is 0.161. The van der Waals surface area contributed by atoms with E-state index in [4.69, 9.17) is 28.9 Å². The molecule has 1 aromatic heterocycles. The highest BCUT2D eigenvalue weighted by Gasteiger charge is 2.11.